The molecular weight excluding hydrogens is 423 g/mol. The average Bonchev–Trinajstić information content (AvgIpc) is 2.30. The summed E-state index contributed by atoms with van der Waals surface area (Å²) in [5, 5.41) is 0. The van der Waals surface area contributed by atoms with Crippen molar-refractivity contribution in [3.8, 4) is 0 Å². The van der Waals surface area contributed by atoms with Crippen LogP contribution in [0.5, 0.6) is 0 Å². The van der Waals surface area contributed by atoms with Gasteiger partial charge >= 0.3 is 115 Å². The van der Waals surface area contributed by atoms with E-state index in [2.05, 4.69) is 62.4 Å². The van der Waals surface area contributed by atoms with Crippen LogP contribution in [0.1, 0.15) is 11.1 Å². The van der Waals surface area contributed by atoms with E-state index in [0.29, 0.717) is 0 Å². The Balaban J connectivity index is 1.97. The van der Waals surface area contributed by atoms with Gasteiger partial charge in [-0.3, -0.25) is 0 Å². The molecule has 0 nitrogen and oxygen atoms in total. The normalized spacial score (nSPS) is 10.4. The first-order valence-corrected chi connectivity index (χ1v) is 14.9. The first-order chi connectivity index (χ1) is 7.74. The van der Waals surface area contributed by atoms with Gasteiger partial charge in [0.05, 0.1) is 0 Å². The van der Waals surface area contributed by atoms with E-state index in [9.17, 15) is 0 Å². The third-order valence-electron chi connectivity index (χ3n) is 2.28. The molecule has 0 atom stereocenters. The first kappa shape index (κ1) is 12.5. The Morgan fingerprint density at radius 1 is 0.562 bits per heavy atom. The SMILES string of the molecule is Cc1ccc([Te][Te]c2ccc(C)cc2)cc1. The first-order valence-electron chi connectivity index (χ1n) is 5.22. The minimum atomic E-state index is 0.0731. The molecule has 0 aliphatic heterocycles. The van der Waals surface area contributed by atoms with Crippen LogP contribution in [-0.4, -0.2) is 34.1 Å². The molecule has 0 N–H and O–H groups in total. The predicted octanol–water partition coefficient (Wildman–Crippen LogP) is 1.58. The topological polar surface area (TPSA) is 0 Å². The predicted molar refractivity (Wildman–Crippen MR) is 73.1 cm³/mol. The van der Waals surface area contributed by atoms with E-state index in [-0.39, 0.29) is 34.1 Å². The second-order valence-corrected chi connectivity index (χ2v) is 13.8. The average molecular weight is 437 g/mol. The zero-order valence-corrected chi connectivity index (χ0v) is 14.1. The molecule has 2 heteroatoms. The number of hydrogen-bond donors (Lipinski definition) is 0. The maximum atomic E-state index is 2.32. The van der Waals surface area contributed by atoms with Gasteiger partial charge < -0.3 is 0 Å². The van der Waals surface area contributed by atoms with Crippen LogP contribution >= 0.6 is 0 Å². The van der Waals surface area contributed by atoms with Crippen molar-refractivity contribution in [3.63, 3.8) is 0 Å². The van der Waals surface area contributed by atoms with Crippen molar-refractivity contribution in [2.75, 3.05) is 0 Å². The van der Waals surface area contributed by atoms with Crippen LogP contribution in [0.3, 0.4) is 0 Å². The Bertz CT molecular complexity index is 398. The molecule has 0 saturated heterocycles. The van der Waals surface area contributed by atoms with Crippen LogP contribution < -0.4 is 7.22 Å². The van der Waals surface area contributed by atoms with Gasteiger partial charge in [-0.15, -0.1) is 0 Å². The Labute approximate surface area is 114 Å². The molecule has 0 saturated carbocycles. The van der Waals surface area contributed by atoms with Crippen LogP contribution in [0.25, 0.3) is 0 Å². The summed E-state index contributed by atoms with van der Waals surface area (Å²) in [6.45, 7) is 4.31. The monoisotopic (exact) mass is 442 g/mol. The quantitative estimate of drug-likeness (QED) is 0.640. The van der Waals surface area contributed by atoms with E-state index >= 15 is 0 Å². The zero-order chi connectivity index (χ0) is 11.4. The Morgan fingerprint density at radius 2 is 0.875 bits per heavy atom. The molecule has 0 radical (unpaired) electrons. The van der Waals surface area contributed by atoms with Crippen molar-refractivity contribution in [3.05, 3.63) is 59.7 Å². The molecule has 0 aromatic heterocycles. The second-order valence-electron chi connectivity index (χ2n) is 3.79. The molecule has 0 aliphatic carbocycles. The van der Waals surface area contributed by atoms with Crippen molar-refractivity contribution in [2.45, 2.75) is 13.8 Å². The summed E-state index contributed by atoms with van der Waals surface area (Å²) in [6.07, 6.45) is 0. The molecule has 0 fully saturated rings. The Kier molecular flexibility index (Phi) is 4.75. The number of hydrogen-bond acceptors (Lipinski definition) is 0. The fourth-order valence-corrected chi connectivity index (χ4v) is 11.2. The summed E-state index contributed by atoms with van der Waals surface area (Å²) in [6, 6.07) is 18.2. The molecule has 16 heavy (non-hydrogen) atoms. The van der Waals surface area contributed by atoms with Crippen molar-refractivity contribution in [1.29, 1.82) is 0 Å². The summed E-state index contributed by atoms with van der Waals surface area (Å²) in [5.41, 5.74) is 2.74. The van der Waals surface area contributed by atoms with E-state index in [4.69, 9.17) is 0 Å². The van der Waals surface area contributed by atoms with Crippen molar-refractivity contribution in [1.82, 2.24) is 0 Å². The molecule has 2 aromatic rings. The minimum absolute atomic E-state index is 0.0731. The van der Waals surface area contributed by atoms with Gasteiger partial charge in [0.2, 0.25) is 0 Å². The van der Waals surface area contributed by atoms with Crippen molar-refractivity contribution >= 4 is 41.3 Å². The number of benzene rings is 2. The molecular formula is C14H14Te2. The maximum absolute atomic E-state index is 2.32. The molecule has 0 aliphatic rings. The van der Waals surface area contributed by atoms with Gasteiger partial charge in [0, 0.05) is 0 Å². The van der Waals surface area contributed by atoms with E-state index in [0.717, 1.165) is 0 Å². The van der Waals surface area contributed by atoms with Crippen LogP contribution in [0.15, 0.2) is 48.5 Å². The third kappa shape index (κ3) is 3.80. The van der Waals surface area contributed by atoms with E-state index in [1.54, 1.807) is 7.22 Å². The van der Waals surface area contributed by atoms with Crippen LogP contribution in [0.4, 0.5) is 0 Å². The van der Waals surface area contributed by atoms with Gasteiger partial charge in [-0.2, -0.15) is 0 Å². The fourth-order valence-electron chi connectivity index (χ4n) is 1.28. The fraction of sp³-hybridized carbons (Fsp3) is 0.143. The number of rotatable bonds is 3. The van der Waals surface area contributed by atoms with Gasteiger partial charge in [-0.1, -0.05) is 0 Å². The Morgan fingerprint density at radius 3 is 1.19 bits per heavy atom. The summed E-state index contributed by atoms with van der Waals surface area (Å²) < 4.78 is 3.22. The van der Waals surface area contributed by atoms with Crippen LogP contribution in [-0.2, 0) is 0 Å². The van der Waals surface area contributed by atoms with Crippen LogP contribution in [0, 0.1) is 13.8 Å². The molecule has 0 amide bonds. The van der Waals surface area contributed by atoms with Gasteiger partial charge in [0.1, 0.15) is 0 Å². The summed E-state index contributed by atoms with van der Waals surface area (Å²) in [4.78, 5) is 0. The van der Waals surface area contributed by atoms with Crippen LogP contribution in [0.2, 0.25) is 0 Å². The second kappa shape index (κ2) is 6.09. The molecule has 2 rings (SSSR count). The standard InChI is InChI=1S/C14H14Te2/c1-11-3-7-13(8-4-11)15-16-14-9-5-12(2)6-10-14/h3-10H,1-2H3. The molecule has 0 spiro atoms. The van der Waals surface area contributed by atoms with E-state index in [1.165, 1.54) is 11.1 Å². The third-order valence-corrected chi connectivity index (χ3v) is 14.1. The van der Waals surface area contributed by atoms with Crippen molar-refractivity contribution < 1.29 is 0 Å². The molecule has 0 unspecified atom stereocenters. The van der Waals surface area contributed by atoms with Gasteiger partial charge in [-0.25, -0.2) is 0 Å². The van der Waals surface area contributed by atoms with Gasteiger partial charge in [0.25, 0.3) is 0 Å². The molecule has 2 aromatic carbocycles. The zero-order valence-electron chi connectivity index (χ0n) is 9.44. The van der Waals surface area contributed by atoms with E-state index < -0.39 is 0 Å². The van der Waals surface area contributed by atoms with Crippen molar-refractivity contribution in [2.24, 2.45) is 0 Å². The van der Waals surface area contributed by atoms with Gasteiger partial charge in [-0.05, 0) is 0 Å². The Hall–Kier alpha value is 0.0192. The van der Waals surface area contributed by atoms with Gasteiger partial charge in [0.15, 0.2) is 0 Å². The molecule has 0 bridgehead atoms. The molecule has 82 valence electrons. The van der Waals surface area contributed by atoms with E-state index in [1.807, 2.05) is 0 Å². The number of aryl methyl sites for hydroxylation is 2. The molecule has 0 heterocycles. The summed E-state index contributed by atoms with van der Waals surface area (Å²) >= 11 is 0.146. The summed E-state index contributed by atoms with van der Waals surface area (Å²) in [5.74, 6) is 0. The summed E-state index contributed by atoms with van der Waals surface area (Å²) in [7, 11) is 0.